The largest absolute Gasteiger partial charge is 0.319 e. The topological polar surface area (TPSA) is 43.1 Å². The molecule has 0 aromatic heterocycles. The van der Waals surface area contributed by atoms with Gasteiger partial charge in [-0.2, -0.15) is 0 Å². The van der Waals surface area contributed by atoms with Gasteiger partial charge in [0.15, 0.2) is 5.78 Å². The smallest absolute Gasteiger partial charge is 0.155 e. The quantitative estimate of drug-likeness (QED) is 0.817. The van der Waals surface area contributed by atoms with Crippen molar-refractivity contribution in [1.82, 2.24) is 0 Å². The highest BCUT2D eigenvalue weighted by Gasteiger charge is 2.47. The van der Waals surface area contributed by atoms with Gasteiger partial charge in [-0.25, -0.2) is 0 Å². The van der Waals surface area contributed by atoms with Crippen LogP contribution >= 0.6 is 0 Å². The second-order valence-electron chi connectivity index (χ2n) is 4.95. The van der Waals surface area contributed by atoms with Gasteiger partial charge < -0.3 is 5.73 Å². The molecular formula is C13H17NO. The maximum absolute atomic E-state index is 11.9. The lowest BCUT2D eigenvalue weighted by atomic mass is 9.95. The van der Waals surface area contributed by atoms with E-state index in [4.69, 9.17) is 5.73 Å². The van der Waals surface area contributed by atoms with E-state index in [0.29, 0.717) is 5.92 Å². The van der Waals surface area contributed by atoms with Gasteiger partial charge in [0, 0.05) is 5.92 Å². The summed E-state index contributed by atoms with van der Waals surface area (Å²) in [6.45, 7) is 3.57. The summed E-state index contributed by atoms with van der Waals surface area (Å²) in [6.07, 6.45) is 0.962. The van der Waals surface area contributed by atoms with Crippen molar-refractivity contribution in [2.24, 2.45) is 11.7 Å². The molecule has 1 saturated carbocycles. The number of carbonyl (C=O) groups is 1. The standard InChI is InChI=1S/C13H17NO/c1-13(2,14)12(15)11-8-10(11)9-6-4-3-5-7-9/h3-7,10-11H,8,14H2,1-2H3. The minimum atomic E-state index is -0.686. The van der Waals surface area contributed by atoms with Gasteiger partial charge in [0.05, 0.1) is 5.54 Å². The first kappa shape index (κ1) is 10.4. The lowest BCUT2D eigenvalue weighted by molar-refractivity contribution is -0.124. The van der Waals surface area contributed by atoms with Crippen molar-refractivity contribution < 1.29 is 4.79 Å². The van der Waals surface area contributed by atoms with Crippen LogP contribution in [0, 0.1) is 5.92 Å². The Balaban J connectivity index is 2.06. The van der Waals surface area contributed by atoms with E-state index in [-0.39, 0.29) is 11.7 Å². The summed E-state index contributed by atoms with van der Waals surface area (Å²) in [7, 11) is 0. The number of benzene rings is 1. The summed E-state index contributed by atoms with van der Waals surface area (Å²) in [4.78, 5) is 11.9. The second-order valence-corrected chi connectivity index (χ2v) is 4.95. The SMILES string of the molecule is CC(C)(N)C(=O)C1CC1c1ccccc1. The molecule has 0 amide bonds. The first-order chi connectivity index (χ1) is 7.00. The molecule has 0 spiro atoms. The maximum Gasteiger partial charge on any atom is 0.155 e. The van der Waals surface area contributed by atoms with E-state index in [1.807, 2.05) is 18.2 Å². The molecule has 0 heterocycles. The molecule has 2 heteroatoms. The third-order valence-electron chi connectivity index (χ3n) is 2.99. The summed E-state index contributed by atoms with van der Waals surface area (Å²) in [5.41, 5.74) is 6.39. The lowest BCUT2D eigenvalue weighted by Gasteiger charge is -2.16. The molecule has 1 aliphatic rings. The monoisotopic (exact) mass is 203 g/mol. The molecule has 2 rings (SSSR count). The van der Waals surface area contributed by atoms with Crippen LogP contribution in [0.15, 0.2) is 30.3 Å². The molecule has 1 aromatic rings. The van der Waals surface area contributed by atoms with E-state index in [1.54, 1.807) is 13.8 Å². The molecule has 1 aliphatic carbocycles. The molecule has 1 aromatic carbocycles. The van der Waals surface area contributed by atoms with Crippen LogP contribution in [0.1, 0.15) is 31.7 Å². The molecule has 0 aliphatic heterocycles. The van der Waals surface area contributed by atoms with Crippen LogP contribution in [0.5, 0.6) is 0 Å². The summed E-state index contributed by atoms with van der Waals surface area (Å²) < 4.78 is 0. The van der Waals surface area contributed by atoms with Crippen molar-refractivity contribution in [2.75, 3.05) is 0 Å². The van der Waals surface area contributed by atoms with E-state index >= 15 is 0 Å². The molecule has 0 radical (unpaired) electrons. The maximum atomic E-state index is 11.9. The summed E-state index contributed by atoms with van der Waals surface area (Å²) in [6, 6.07) is 10.2. The fourth-order valence-electron chi connectivity index (χ4n) is 2.03. The highest BCUT2D eigenvalue weighted by Crippen LogP contribution is 2.49. The molecule has 0 bridgehead atoms. The third-order valence-corrected chi connectivity index (χ3v) is 2.99. The zero-order valence-corrected chi connectivity index (χ0v) is 9.23. The minimum Gasteiger partial charge on any atom is -0.319 e. The van der Waals surface area contributed by atoms with Crippen LogP contribution in [0.25, 0.3) is 0 Å². The Bertz CT molecular complexity index is 364. The Morgan fingerprint density at radius 3 is 2.47 bits per heavy atom. The first-order valence-electron chi connectivity index (χ1n) is 5.38. The Morgan fingerprint density at radius 2 is 1.93 bits per heavy atom. The second kappa shape index (κ2) is 3.46. The zero-order chi connectivity index (χ0) is 11.1. The molecule has 2 N–H and O–H groups in total. The number of hydrogen-bond donors (Lipinski definition) is 1. The van der Waals surface area contributed by atoms with Crippen LogP contribution in [-0.4, -0.2) is 11.3 Å². The van der Waals surface area contributed by atoms with Crippen molar-refractivity contribution in [3.05, 3.63) is 35.9 Å². The molecule has 2 nitrogen and oxygen atoms in total. The van der Waals surface area contributed by atoms with Crippen molar-refractivity contribution in [2.45, 2.75) is 31.7 Å². The molecule has 0 saturated heterocycles. The van der Waals surface area contributed by atoms with Gasteiger partial charge in [-0.15, -0.1) is 0 Å². The summed E-state index contributed by atoms with van der Waals surface area (Å²) >= 11 is 0. The molecule has 80 valence electrons. The van der Waals surface area contributed by atoms with E-state index in [1.165, 1.54) is 5.56 Å². The van der Waals surface area contributed by atoms with Gasteiger partial charge in [0.2, 0.25) is 0 Å². The Kier molecular flexibility index (Phi) is 2.39. The van der Waals surface area contributed by atoms with Crippen molar-refractivity contribution in [3.63, 3.8) is 0 Å². The first-order valence-corrected chi connectivity index (χ1v) is 5.38. The van der Waals surface area contributed by atoms with Crippen molar-refractivity contribution in [1.29, 1.82) is 0 Å². The van der Waals surface area contributed by atoms with Gasteiger partial charge in [-0.1, -0.05) is 30.3 Å². The van der Waals surface area contributed by atoms with E-state index in [2.05, 4.69) is 12.1 Å². The van der Waals surface area contributed by atoms with Crippen LogP contribution in [-0.2, 0) is 4.79 Å². The average Bonchev–Trinajstić information content (AvgIpc) is 2.96. The van der Waals surface area contributed by atoms with Crippen molar-refractivity contribution in [3.8, 4) is 0 Å². The number of rotatable bonds is 3. The zero-order valence-electron chi connectivity index (χ0n) is 9.23. The molecule has 2 unspecified atom stereocenters. The van der Waals surface area contributed by atoms with Gasteiger partial charge in [0.25, 0.3) is 0 Å². The van der Waals surface area contributed by atoms with Crippen molar-refractivity contribution >= 4 is 5.78 Å². The highest BCUT2D eigenvalue weighted by atomic mass is 16.1. The Morgan fingerprint density at radius 1 is 1.33 bits per heavy atom. The number of hydrogen-bond acceptors (Lipinski definition) is 2. The van der Waals surface area contributed by atoms with Gasteiger partial charge in [0.1, 0.15) is 0 Å². The number of ketones is 1. The molecule has 1 fully saturated rings. The van der Waals surface area contributed by atoms with Gasteiger partial charge in [-0.3, -0.25) is 4.79 Å². The fraction of sp³-hybridized carbons (Fsp3) is 0.462. The molecular weight excluding hydrogens is 186 g/mol. The van der Waals surface area contributed by atoms with E-state index in [0.717, 1.165) is 6.42 Å². The number of Topliss-reactive ketones (excluding diaryl/α,β-unsaturated/α-hetero) is 1. The predicted octanol–water partition coefficient (Wildman–Crippen LogP) is 2.10. The lowest BCUT2D eigenvalue weighted by Crippen LogP contribution is -2.42. The summed E-state index contributed by atoms with van der Waals surface area (Å²) in [5.74, 6) is 0.741. The predicted molar refractivity (Wildman–Crippen MR) is 60.6 cm³/mol. The summed E-state index contributed by atoms with van der Waals surface area (Å²) in [5, 5.41) is 0. The van der Waals surface area contributed by atoms with Crippen LogP contribution in [0.2, 0.25) is 0 Å². The average molecular weight is 203 g/mol. The number of nitrogens with two attached hydrogens (primary N) is 1. The Hall–Kier alpha value is -1.15. The van der Waals surface area contributed by atoms with Crippen LogP contribution in [0.3, 0.4) is 0 Å². The number of carbonyl (C=O) groups excluding carboxylic acids is 1. The third kappa shape index (κ3) is 2.10. The van der Waals surface area contributed by atoms with Gasteiger partial charge in [-0.05, 0) is 31.7 Å². The fourth-order valence-corrected chi connectivity index (χ4v) is 2.03. The van der Waals surface area contributed by atoms with Gasteiger partial charge >= 0.3 is 0 Å². The molecule has 2 atom stereocenters. The van der Waals surface area contributed by atoms with Crippen LogP contribution < -0.4 is 5.73 Å². The normalized spacial score (nSPS) is 25.0. The van der Waals surface area contributed by atoms with E-state index < -0.39 is 5.54 Å². The van der Waals surface area contributed by atoms with E-state index in [9.17, 15) is 4.79 Å². The molecule has 15 heavy (non-hydrogen) atoms. The van der Waals surface area contributed by atoms with Crippen LogP contribution in [0.4, 0.5) is 0 Å². The highest BCUT2D eigenvalue weighted by molar-refractivity contribution is 5.92. The minimum absolute atomic E-state index is 0.146. The Labute approximate surface area is 90.5 Å².